The van der Waals surface area contributed by atoms with E-state index in [2.05, 4.69) is 22.4 Å². The molecule has 1 spiro atoms. The predicted molar refractivity (Wildman–Crippen MR) is 127 cm³/mol. The molecule has 160 valence electrons. The maximum absolute atomic E-state index is 13.9. The van der Waals surface area contributed by atoms with Gasteiger partial charge in [0.15, 0.2) is 0 Å². The van der Waals surface area contributed by atoms with Gasteiger partial charge in [-0.15, -0.1) is 11.3 Å². The van der Waals surface area contributed by atoms with Gasteiger partial charge in [-0.25, -0.2) is 0 Å². The van der Waals surface area contributed by atoms with Gasteiger partial charge >= 0.3 is 0 Å². The Balaban J connectivity index is 1.56. The highest BCUT2D eigenvalue weighted by Gasteiger charge is 2.53. The number of nitrogens with one attached hydrogen (secondary N) is 1. The van der Waals surface area contributed by atoms with Crippen molar-refractivity contribution in [2.45, 2.75) is 38.3 Å². The quantitative estimate of drug-likeness (QED) is 0.632. The monoisotopic (exact) mass is 440 g/mol. The van der Waals surface area contributed by atoms with E-state index in [0.717, 1.165) is 40.8 Å². The number of benzene rings is 2. The molecule has 1 aliphatic heterocycles. The molecule has 0 radical (unpaired) electrons. The lowest BCUT2D eigenvalue weighted by atomic mass is 9.79. The lowest BCUT2D eigenvalue weighted by Crippen LogP contribution is -2.46. The Morgan fingerprint density at radius 1 is 1.19 bits per heavy atom. The van der Waals surface area contributed by atoms with E-state index in [9.17, 15) is 10.1 Å². The molecule has 1 aliphatic carbocycles. The molecule has 2 aromatic carbocycles. The maximum Gasteiger partial charge on any atom is 0.260 e. The molecule has 5 rings (SSSR count). The van der Waals surface area contributed by atoms with E-state index >= 15 is 0 Å². The van der Waals surface area contributed by atoms with Crippen LogP contribution in [0.5, 0.6) is 0 Å². The van der Waals surface area contributed by atoms with Gasteiger partial charge in [-0.1, -0.05) is 42.5 Å². The van der Waals surface area contributed by atoms with Crippen molar-refractivity contribution in [2.24, 2.45) is 4.99 Å². The van der Waals surface area contributed by atoms with Gasteiger partial charge in [0.25, 0.3) is 5.91 Å². The Bertz CT molecular complexity index is 1240. The Hall–Kier alpha value is -3.43. The molecule has 1 aromatic heterocycles. The SMILES string of the molecule is CCN=C1NC2(CCCc3sc(-c4cccc(C#N)c4)cc32)C(=O)N1Cc1ccccc1. The van der Waals surface area contributed by atoms with Crippen LogP contribution in [-0.2, 0) is 23.3 Å². The summed E-state index contributed by atoms with van der Waals surface area (Å²) in [6.07, 6.45) is 2.66. The zero-order valence-corrected chi connectivity index (χ0v) is 18.8. The molecule has 5 nitrogen and oxygen atoms in total. The fourth-order valence-electron chi connectivity index (χ4n) is 4.69. The molecule has 1 N–H and O–H groups in total. The van der Waals surface area contributed by atoms with Crippen LogP contribution in [0.4, 0.5) is 0 Å². The number of amides is 1. The van der Waals surface area contributed by atoms with Crippen molar-refractivity contribution in [1.82, 2.24) is 10.2 Å². The Kier molecular flexibility index (Phi) is 5.28. The van der Waals surface area contributed by atoms with Crippen LogP contribution in [0.3, 0.4) is 0 Å². The van der Waals surface area contributed by atoms with Crippen molar-refractivity contribution in [1.29, 1.82) is 5.26 Å². The number of rotatable bonds is 4. The van der Waals surface area contributed by atoms with Crippen LogP contribution < -0.4 is 5.32 Å². The van der Waals surface area contributed by atoms with Crippen LogP contribution in [0.2, 0.25) is 0 Å². The third kappa shape index (κ3) is 3.39. The zero-order valence-electron chi connectivity index (χ0n) is 18.0. The summed E-state index contributed by atoms with van der Waals surface area (Å²) in [7, 11) is 0. The molecule has 1 saturated heterocycles. The first-order chi connectivity index (χ1) is 15.6. The number of hydrogen-bond donors (Lipinski definition) is 1. The number of guanidine groups is 1. The van der Waals surface area contributed by atoms with Gasteiger partial charge in [-0.3, -0.25) is 14.7 Å². The fourth-order valence-corrected chi connectivity index (χ4v) is 5.96. The lowest BCUT2D eigenvalue weighted by Gasteiger charge is -2.31. The molecular formula is C26H24N4OS. The molecule has 2 aliphatic rings. The minimum absolute atomic E-state index is 0.0737. The highest BCUT2D eigenvalue weighted by molar-refractivity contribution is 7.15. The normalized spacial score (nSPS) is 20.9. The third-order valence-corrected chi connectivity index (χ3v) is 7.43. The summed E-state index contributed by atoms with van der Waals surface area (Å²) in [6, 6.07) is 22.1. The minimum atomic E-state index is -0.766. The standard InChI is InChI=1S/C26H24N4OS/c1-2-28-25-29-26(24(31)30(25)17-18-8-4-3-5-9-18)13-7-12-22-21(26)15-23(32-22)20-11-6-10-19(14-20)16-27/h3-6,8-11,14-15H,2,7,12-13,17H2,1H3,(H,28,29). The summed E-state index contributed by atoms with van der Waals surface area (Å²) in [5.41, 5.74) is 3.05. The van der Waals surface area contributed by atoms with Crippen LogP contribution in [0, 0.1) is 11.3 Å². The van der Waals surface area contributed by atoms with Gasteiger partial charge < -0.3 is 5.32 Å². The summed E-state index contributed by atoms with van der Waals surface area (Å²) in [5.74, 6) is 0.734. The zero-order chi connectivity index (χ0) is 22.1. The molecule has 0 bridgehead atoms. The maximum atomic E-state index is 13.9. The molecule has 1 unspecified atom stereocenters. The van der Waals surface area contributed by atoms with Crippen molar-refractivity contribution in [3.05, 3.63) is 82.2 Å². The van der Waals surface area contributed by atoms with Crippen molar-refractivity contribution >= 4 is 23.2 Å². The molecule has 0 saturated carbocycles. The van der Waals surface area contributed by atoms with Crippen molar-refractivity contribution < 1.29 is 4.79 Å². The lowest BCUT2D eigenvalue weighted by molar-refractivity contribution is -0.132. The highest BCUT2D eigenvalue weighted by Crippen LogP contribution is 2.46. The van der Waals surface area contributed by atoms with Gasteiger partial charge in [0.1, 0.15) is 5.54 Å². The Morgan fingerprint density at radius 3 is 2.81 bits per heavy atom. The van der Waals surface area contributed by atoms with Gasteiger partial charge in [0.2, 0.25) is 5.96 Å². The number of nitrogens with zero attached hydrogens (tertiary/aromatic N) is 3. The van der Waals surface area contributed by atoms with E-state index in [1.54, 1.807) is 11.3 Å². The second-order valence-corrected chi connectivity index (χ2v) is 9.34. The van der Waals surface area contributed by atoms with Crippen molar-refractivity contribution in [3.63, 3.8) is 0 Å². The molecule has 1 amide bonds. The summed E-state index contributed by atoms with van der Waals surface area (Å²) in [4.78, 5) is 22.7. The number of aryl methyl sites for hydroxylation is 1. The van der Waals surface area contributed by atoms with E-state index in [-0.39, 0.29) is 5.91 Å². The number of nitriles is 1. The second kappa shape index (κ2) is 8.25. The van der Waals surface area contributed by atoms with E-state index in [1.165, 1.54) is 4.88 Å². The van der Waals surface area contributed by atoms with Gasteiger partial charge in [0, 0.05) is 21.9 Å². The van der Waals surface area contributed by atoms with Gasteiger partial charge in [-0.05, 0) is 55.5 Å². The Labute approximate surface area is 192 Å². The molecule has 6 heteroatoms. The van der Waals surface area contributed by atoms with E-state index in [4.69, 9.17) is 0 Å². The van der Waals surface area contributed by atoms with Gasteiger partial charge in [-0.2, -0.15) is 5.26 Å². The average molecular weight is 441 g/mol. The summed E-state index contributed by atoms with van der Waals surface area (Å²) in [5, 5.41) is 12.8. The number of carbonyl (C=O) groups is 1. The average Bonchev–Trinajstić information content (AvgIpc) is 3.37. The van der Waals surface area contributed by atoms with Crippen LogP contribution >= 0.6 is 11.3 Å². The first-order valence-corrected chi connectivity index (χ1v) is 11.8. The first kappa shape index (κ1) is 20.5. The van der Waals surface area contributed by atoms with Gasteiger partial charge in [0.05, 0.1) is 18.2 Å². The minimum Gasteiger partial charge on any atom is -0.338 e. The van der Waals surface area contributed by atoms with Crippen LogP contribution in [-0.4, -0.2) is 23.3 Å². The Morgan fingerprint density at radius 2 is 2.03 bits per heavy atom. The van der Waals surface area contributed by atoms with Crippen molar-refractivity contribution in [2.75, 3.05) is 6.54 Å². The van der Waals surface area contributed by atoms with E-state index in [0.29, 0.717) is 24.6 Å². The predicted octanol–water partition coefficient (Wildman–Crippen LogP) is 4.83. The summed E-state index contributed by atoms with van der Waals surface area (Å²) in [6.45, 7) is 3.10. The van der Waals surface area contributed by atoms with E-state index in [1.807, 2.05) is 66.4 Å². The number of aliphatic imine (C=N–C) groups is 1. The third-order valence-electron chi connectivity index (χ3n) is 6.18. The highest BCUT2D eigenvalue weighted by atomic mass is 32.1. The molecular weight excluding hydrogens is 416 g/mol. The van der Waals surface area contributed by atoms with Crippen LogP contribution in [0.15, 0.2) is 65.7 Å². The molecule has 2 heterocycles. The summed E-state index contributed by atoms with van der Waals surface area (Å²) >= 11 is 1.73. The number of thiophene rings is 1. The fraction of sp³-hybridized carbons (Fsp3) is 0.269. The van der Waals surface area contributed by atoms with Crippen LogP contribution in [0.25, 0.3) is 10.4 Å². The number of carbonyl (C=O) groups excluding carboxylic acids is 1. The first-order valence-electron chi connectivity index (χ1n) is 11.0. The molecule has 1 atom stereocenters. The second-order valence-electron chi connectivity index (χ2n) is 8.20. The molecule has 32 heavy (non-hydrogen) atoms. The smallest absolute Gasteiger partial charge is 0.260 e. The topological polar surface area (TPSA) is 68.5 Å². The van der Waals surface area contributed by atoms with E-state index < -0.39 is 5.54 Å². The van der Waals surface area contributed by atoms with Crippen LogP contribution in [0.1, 0.15) is 41.3 Å². The molecule has 1 fully saturated rings. The number of hydrogen-bond acceptors (Lipinski definition) is 4. The van der Waals surface area contributed by atoms with Crippen molar-refractivity contribution in [3.8, 4) is 16.5 Å². The molecule has 3 aromatic rings. The summed E-state index contributed by atoms with van der Waals surface area (Å²) < 4.78 is 0. The largest absolute Gasteiger partial charge is 0.338 e. The number of fused-ring (bicyclic) bond motifs is 2.